The molecule has 4 heteroatoms. The number of ether oxygens (including phenoxy) is 1. The summed E-state index contributed by atoms with van der Waals surface area (Å²) in [7, 11) is 1.75. The van der Waals surface area contributed by atoms with Crippen LogP contribution in [0.5, 0.6) is 0 Å². The van der Waals surface area contributed by atoms with Gasteiger partial charge in [0.1, 0.15) is 0 Å². The molecule has 0 aromatic carbocycles. The molecule has 0 aliphatic heterocycles. The Kier molecular flexibility index (Phi) is 6.36. The number of nitrogens with one attached hydrogen (secondary N) is 1. The molecule has 0 radical (unpaired) electrons. The van der Waals surface area contributed by atoms with E-state index in [4.69, 9.17) is 4.74 Å². The van der Waals surface area contributed by atoms with Gasteiger partial charge in [-0.25, -0.2) is 0 Å². The standard InChI is InChI=1S/C14H27N3O/c1-6-15-11(2)14-12(3)16-17(13(14)4)9-7-8-10-18-5/h11,15H,6-10H2,1-5H3. The third-order valence-corrected chi connectivity index (χ3v) is 3.35. The predicted molar refractivity (Wildman–Crippen MR) is 74.9 cm³/mol. The van der Waals surface area contributed by atoms with E-state index in [1.54, 1.807) is 7.11 Å². The molecule has 0 amide bonds. The summed E-state index contributed by atoms with van der Waals surface area (Å²) in [6, 6.07) is 0.378. The monoisotopic (exact) mass is 253 g/mol. The van der Waals surface area contributed by atoms with E-state index < -0.39 is 0 Å². The third-order valence-electron chi connectivity index (χ3n) is 3.35. The maximum absolute atomic E-state index is 5.07. The number of unbranched alkanes of at least 4 members (excludes halogenated alkanes) is 1. The zero-order valence-corrected chi connectivity index (χ0v) is 12.4. The van der Waals surface area contributed by atoms with Gasteiger partial charge in [-0.15, -0.1) is 0 Å². The Morgan fingerprint density at radius 1 is 1.33 bits per heavy atom. The van der Waals surface area contributed by atoms with Gasteiger partial charge in [-0.1, -0.05) is 6.92 Å². The Bertz CT molecular complexity index is 360. The van der Waals surface area contributed by atoms with Crippen LogP contribution in [0.15, 0.2) is 0 Å². The van der Waals surface area contributed by atoms with E-state index in [0.717, 1.165) is 38.2 Å². The van der Waals surface area contributed by atoms with Crippen molar-refractivity contribution in [3.8, 4) is 0 Å². The van der Waals surface area contributed by atoms with Crippen LogP contribution in [0.1, 0.15) is 49.7 Å². The normalized spacial score (nSPS) is 12.9. The lowest BCUT2D eigenvalue weighted by Crippen LogP contribution is -2.19. The van der Waals surface area contributed by atoms with Crippen molar-refractivity contribution < 1.29 is 4.74 Å². The van der Waals surface area contributed by atoms with Gasteiger partial charge in [-0.3, -0.25) is 4.68 Å². The Balaban J connectivity index is 2.68. The van der Waals surface area contributed by atoms with Crippen LogP contribution in [0.3, 0.4) is 0 Å². The molecule has 18 heavy (non-hydrogen) atoms. The molecule has 4 nitrogen and oxygen atoms in total. The highest BCUT2D eigenvalue weighted by Crippen LogP contribution is 2.21. The smallest absolute Gasteiger partial charge is 0.0644 e. The number of methoxy groups -OCH3 is 1. The molecule has 0 saturated heterocycles. The van der Waals surface area contributed by atoms with Crippen molar-refractivity contribution in [3.63, 3.8) is 0 Å². The van der Waals surface area contributed by atoms with Crippen LogP contribution in [0.4, 0.5) is 0 Å². The molecule has 1 aromatic heterocycles. The number of aryl methyl sites for hydroxylation is 2. The van der Waals surface area contributed by atoms with Crippen LogP contribution in [0.25, 0.3) is 0 Å². The molecule has 1 aromatic rings. The van der Waals surface area contributed by atoms with Crippen LogP contribution in [0.2, 0.25) is 0 Å². The Morgan fingerprint density at radius 2 is 2.06 bits per heavy atom. The number of aromatic nitrogens is 2. The van der Waals surface area contributed by atoms with Crippen LogP contribution >= 0.6 is 0 Å². The average Bonchev–Trinajstić information content (AvgIpc) is 2.60. The first-order valence-electron chi connectivity index (χ1n) is 6.88. The van der Waals surface area contributed by atoms with Gasteiger partial charge in [0.05, 0.1) is 5.69 Å². The molecule has 0 saturated carbocycles. The van der Waals surface area contributed by atoms with Crippen molar-refractivity contribution in [1.82, 2.24) is 15.1 Å². The molecule has 104 valence electrons. The molecule has 1 heterocycles. The van der Waals surface area contributed by atoms with Gasteiger partial charge in [0.2, 0.25) is 0 Å². The molecule has 0 bridgehead atoms. The lowest BCUT2D eigenvalue weighted by molar-refractivity contribution is 0.191. The first kappa shape index (κ1) is 15.2. The van der Waals surface area contributed by atoms with E-state index in [1.807, 2.05) is 0 Å². The fourth-order valence-corrected chi connectivity index (χ4v) is 2.47. The zero-order chi connectivity index (χ0) is 13.5. The van der Waals surface area contributed by atoms with E-state index in [2.05, 4.69) is 42.8 Å². The molecular weight excluding hydrogens is 226 g/mol. The largest absolute Gasteiger partial charge is 0.385 e. The first-order chi connectivity index (χ1) is 8.61. The zero-order valence-electron chi connectivity index (χ0n) is 12.4. The van der Waals surface area contributed by atoms with Gasteiger partial charge in [-0.2, -0.15) is 5.10 Å². The van der Waals surface area contributed by atoms with Crippen LogP contribution in [0, 0.1) is 13.8 Å². The summed E-state index contributed by atoms with van der Waals surface area (Å²) in [6.45, 7) is 11.4. The number of hydrogen-bond donors (Lipinski definition) is 1. The van der Waals surface area contributed by atoms with Crippen molar-refractivity contribution in [2.75, 3.05) is 20.3 Å². The Labute approximate surface area is 111 Å². The summed E-state index contributed by atoms with van der Waals surface area (Å²) < 4.78 is 7.20. The molecule has 0 fully saturated rings. The van der Waals surface area contributed by atoms with Crippen molar-refractivity contribution in [2.45, 2.75) is 53.1 Å². The van der Waals surface area contributed by atoms with E-state index in [-0.39, 0.29) is 0 Å². The topological polar surface area (TPSA) is 39.1 Å². The first-order valence-corrected chi connectivity index (χ1v) is 6.88. The Hall–Kier alpha value is -0.870. The van der Waals surface area contributed by atoms with Crippen LogP contribution in [-0.2, 0) is 11.3 Å². The molecule has 0 spiro atoms. The van der Waals surface area contributed by atoms with E-state index >= 15 is 0 Å². The third kappa shape index (κ3) is 3.82. The van der Waals surface area contributed by atoms with Crippen molar-refractivity contribution in [1.29, 1.82) is 0 Å². The highest BCUT2D eigenvalue weighted by molar-refractivity contribution is 5.27. The van der Waals surface area contributed by atoms with Gasteiger partial charge in [-0.05, 0) is 40.2 Å². The second-order valence-electron chi connectivity index (χ2n) is 4.79. The lowest BCUT2D eigenvalue weighted by atomic mass is 10.1. The van der Waals surface area contributed by atoms with Gasteiger partial charge >= 0.3 is 0 Å². The van der Waals surface area contributed by atoms with Gasteiger partial charge in [0, 0.05) is 37.6 Å². The quantitative estimate of drug-likeness (QED) is 0.724. The number of nitrogens with zero attached hydrogens (tertiary/aromatic N) is 2. The summed E-state index contributed by atoms with van der Waals surface area (Å²) in [5.74, 6) is 0. The molecule has 1 unspecified atom stereocenters. The summed E-state index contributed by atoms with van der Waals surface area (Å²) >= 11 is 0. The van der Waals surface area contributed by atoms with Gasteiger partial charge in [0.25, 0.3) is 0 Å². The minimum Gasteiger partial charge on any atom is -0.385 e. The summed E-state index contributed by atoms with van der Waals surface area (Å²) in [5.41, 5.74) is 3.79. The second-order valence-corrected chi connectivity index (χ2v) is 4.79. The van der Waals surface area contributed by atoms with Crippen molar-refractivity contribution >= 4 is 0 Å². The van der Waals surface area contributed by atoms with E-state index in [9.17, 15) is 0 Å². The highest BCUT2D eigenvalue weighted by Gasteiger charge is 2.16. The van der Waals surface area contributed by atoms with Gasteiger partial charge < -0.3 is 10.1 Å². The second kappa shape index (κ2) is 7.54. The maximum Gasteiger partial charge on any atom is 0.0644 e. The van der Waals surface area contributed by atoms with E-state index in [1.165, 1.54) is 11.3 Å². The fraction of sp³-hybridized carbons (Fsp3) is 0.786. The molecule has 0 aliphatic carbocycles. The van der Waals surface area contributed by atoms with E-state index in [0.29, 0.717) is 6.04 Å². The van der Waals surface area contributed by atoms with Crippen LogP contribution < -0.4 is 5.32 Å². The molecule has 1 rings (SSSR count). The summed E-state index contributed by atoms with van der Waals surface area (Å²) in [5, 5.41) is 8.11. The van der Waals surface area contributed by atoms with Crippen molar-refractivity contribution in [3.05, 3.63) is 17.0 Å². The van der Waals surface area contributed by atoms with Crippen LogP contribution in [-0.4, -0.2) is 30.0 Å². The number of hydrogen-bond acceptors (Lipinski definition) is 3. The lowest BCUT2D eigenvalue weighted by Gasteiger charge is -2.13. The van der Waals surface area contributed by atoms with Gasteiger partial charge in [0.15, 0.2) is 0 Å². The fourth-order valence-electron chi connectivity index (χ4n) is 2.47. The molecule has 1 atom stereocenters. The summed E-state index contributed by atoms with van der Waals surface area (Å²) in [4.78, 5) is 0. The number of rotatable bonds is 8. The summed E-state index contributed by atoms with van der Waals surface area (Å²) in [6.07, 6.45) is 2.21. The Morgan fingerprint density at radius 3 is 2.67 bits per heavy atom. The molecule has 0 aliphatic rings. The predicted octanol–water partition coefficient (Wildman–Crippen LogP) is 2.60. The molecular formula is C14H27N3O. The highest BCUT2D eigenvalue weighted by atomic mass is 16.5. The van der Waals surface area contributed by atoms with Crippen molar-refractivity contribution in [2.24, 2.45) is 0 Å². The maximum atomic E-state index is 5.07. The minimum atomic E-state index is 0.378. The average molecular weight is 253 g/mol. The minimum absolute atomic E-state index is 0.378. The molecule has 1 N–H and O–H groups in total. The SMILES string of the molecule is CCNC(C)c1c(C)nn(CCCCOC)c1C.